The summed E-state index contributed by atoms with van der Waals surface area (Å²) < 4.78 is 33.2. The third kappa shape index (κ3) is 7.82. The van der Waals surface area contributed by atoms with Crippen LogP contribution in [0.5, 0.6) is 0 Å². The van der Waals surface area contributed by atoms with Crippen LogP contribution < -0.4 is 0 Å². The Morgan fingerprint density at radius 2 is 2.08 bits per heavy atom. The first-order valence-electron chi connectivity index (χ1n) is 3.46. The van der Waals surface area contributed by atoms with E-state index in [0.29, 0.717) is 0 Å². The van der Waals surface area contributed by atoms with E-state index in [1.807, 2.05) is 0 Å². The fourth-order valence-corrected chi connectivity index (χ4v) is 1.05. The van der Waals surface area contributed by atoms with Crippen LogP contribution in [-0.2, 0) is 19.6 Å². The van der Waals surface area contributed by atoms with Crippen molar-refractivity contribution in [1.82, 2.24) is 0 Å². The van der Waals surface area contributed by atoms with Gasteiger partial charge in [0.25, 0.3) is 10.1 Å². The summed E-state index contributed by atoms with van der Waals surface area (Å²) in [6.45, 7) is 1.35. The highest BCUT2D eigenvalue weighted by Crippen LogP contribution is 1.91. The van der Waals surface area contributed by atoms with Gasteiger partial charge in [0.2, 0.25) is 0 Å². The summed E-state index contributed by atoms with van der Waals surface area (Å²) in [5.74, 6) is -1.05. The molecule has 7 heteroatoms. The molecule has 0 bridgehead atoms. The molecule has 0 saturated carbocycles. The Kier molecular flexibility index (Phi) is 5.04. The number of hydrogen-bond acceptors (Lipinski definition) is 5. The summed E-state index contributed by atoms with van der Waals surface area (Å²) in [5, 5.41) is 0. The minimum absolute atomic E-state index is 0.0627. The van der Waals surface area contributed by atoms with Crippen LogP contribution in [0.2, 0.25) is 0 Å². The number of carbonyl (C=O) groups is 1. The van der Waals surface area contributed by atoms with Crippen molar-refractivity contribution in [3.05, 3.63) is 0 Å². The van der Waals surface area contributed by atoms with Crippen molar-refractivity contribution in [3.63, 3.8) is 0 Å². The molecule has 5 nitrogen and oxygen atoms in total. The summed E-state index contributed by atoms with van der Waals surface area (Å²) >= 11 is 4.50. The van der Waals surface area contributed by atoms with Crippen LogP contribution in [0.1, 0.15) is 13.3 Å². The standard InChI is InChI=1S/C6H10O5S2/c1-5(12)6(7)11-3-2-4-13(8,9)10/h2-4H2,1H3,(H,8,9,10). The van der Waals surface area contributed by atoms with Crippen molar-refractivity contribution in [1.29, 1.82) is 0 Å². The quantitative estimate of drug-likeness (QED) is 0.312. The zero-order valence-corrected chi connectivity index (χ0v) is 8.65. The van der Waals surface area contributed by atoms with Gasteiger partial charge < -0.3 is 4.74 Å². The second-order valence-electron chi connectivity index (χ2n) is 2.33. The van der Waals surface area contributed by atoms with E-state index in [2.05, 4.69) is 17.0 Å². The molecule has 0 rings (SSSR count). The predicted octanol–water partition coefficient (Wildman–Crippen LogP) is 0.197. The molecule has 0 atom stereocenters. The van der Waals surface area contributed by atoms with Crippen molar-refractivity contribution in [2.75, 3.05) is 12.4 Å². The SMILES string of the molecule is CC(=S)C(=O)OCCCS(=O)(=O)O. The molecule has 0 aromatic heterocycles. The molecule has 0 unspecified atom stereocenters. The van der Waals surface area contributed by atoms with Gasteiger partial charge in [0.05, 0.1) is 17.2 Å². The monoisotopic (exact) mass is 226 g/mol. The maximum atomic E-state index is 10.7. The van der Waals surface area contributed by atoms with Crippen LogP contribution in [0.15, 0.2) is 0 Å². The minimum Gasteiger partial charge on any atom is -0.462 e. The first-order valence-corrected chi connectivity index (χ1v) is 5.47. The Bertz CT molecular complexity index is 292. The van der Waals surface area contributed by atoms with E-state index in [1.165, 1.54) is 6.92 Å². The largest absolute Gasteiger partial charge is 0.462 e. The summed E-state index contributed by atoms with van der Waals surface area (Å²) in [5.41, 5.74) is 0. The van der Waals surface area contributed by atoms with E-state index in [-0.39, 0.29) is 17.9 Å². The lowest BCUT2D eigenvalue weighted by Crippen LogP contribution is -2.15. The molecule has 76 valence electrons. The highest BCUT2D eigenvalue weighted by molar-refractivity contribution is 7.85. The lowest BCUT2D eigenvalue weighted by molar-refractivity contribution is -0.135. The second-order valence-corrected chi connectivity index (χ2v) is 4.52. The Labute approximate surface area is 81.8 Å². The zero-order valence-electron chi connectivity index (χ0n) is 7.02. The average Bonchev–Trinajstić information content (AvgIpc) is 1.95. The number of hydrogen-bond donors (Lipinski definition) is 1. The van der Waals surface area contributed by atoms with Gasteiger partial charge in [-0.2, -0.15) is 8.42 Å². The molecule has 1 N–H and O–H groups in total. The predicted molar refractivity (Wildman–Crippen MR) is 50.3 cm³/mol. The van der Waals surface area contributed by atoms with Crippen molar-refractivity contribution in [2.24, 2.45) is 0 Å². The summed E-state index contributed by atoms with van der Waals surface area (Å²) in [7, 11) is -3.97. The maximum absolute atomic E-state index is 10.7. The molecule has 0 aliphatic rings. The number of ether oxygens (including phenoxy) is 1. The third-order valence-corrected chi connectivity index (χ3v) is 2.04. The molecule has 13 heavy (non-hydrogen) atoms. The zero-order chi connectivity index (χ0) is 10.5. The lowest BCUT2D eigenvalue weighted by Gasteiger charge is -2.01. The Morgan fingerprint density at radius 1 is 1.54 bits per heavy atom. The topological polar surface area (TPSA) is 80.7 Å². The molecule has 0 aliphatic heterocycles. The van der Waals surface area contributed by atoms with E-state index in [4.69, 9.17) is 4.55 Å². The summed E-state index contributed by atoms with van der Waals surface area (Å²) in [4.78, 5) is 10.8. The fourth-order valence-electron chi connectivity index (χ4n) is 0.508. The summed E-state index contributed by atoms with van der Waals surface area (Å²) in [6.07, 6.45) is 0.0627. The van der Waals surface area contributed by atoms with Gasteiger partial charge in [-0.25, -0.2) is 4.79 Å². The number of thiocarbonyl (C=S) groups is 1. The molecule has 0 spiro atoms. The Morgan fingerprint density at radius 3 is 2.46 bits per heavy atom. The molecule has 0 amide bonds. The number of esters is 1. The van der Waals surface area contributed by atoms with Crippen LogP contribution in [0.3, 0.4) is 0 Å². The molecular weight excluding hydrogens is 216 g/mol. The molecule has 0 aromatic rings. The molecule has 0 fully saturated rings. The van der Waals surface area contributed by atoms with Gasteiger partial charge in [0.1, 0.15) is 0 Å². The van der Waals surface area contributed by atoms with E-state index in [9.17, 15) is 13.2 Å². The van der Waals surface area contributed by atoms with Gasteiger partial charge in [0.15, 0.2) is 0 Å². The number of rotatable bonds is 5. The van der Waals surface area contributed by atoms with Crippen LogP contribution in [-0.4, -0.2) is 36.2 Å². The fraction of sp³-hybridized carbons (Fsp3) is 0.667. The van der Waals surface area contributed by atoms with Gasteiger partial charge >= 0.3 is 5.97 Å². The van der Waals surface area contributed by atoms with E-state index in [0.717, 1.165) is 0 Å². The van der Waals surface area contributed by atoms with Crippen molar-refractivity contribution in [2.45, 2.75) is 13.3 Å². The molecule has 0 aliphatic carbocycles. The van der Waals surface area contributed by atoms with Crippen LogP contribution in [0, 0.1) is 0 Å². The van der Waals surface area contributed by atoms with Gasteiger partial charge in [-0.1, -0.05) is 12.2 Å². The molecule has 0 radical (unpaired) electrons. The molecule has 0 saturated heterocycles. The van der Waals surface area contributed by atoms with Gasteiger partial charge in [-0.3, -0.25) is 4.55 Å². The van der Waals surface area contributed by atoms with Crippen LogP contribution in [0.25, 0.3) is 0 Å². The third-order valence-electron chi connectivity index (χ3n) is 1.07. The first-order chi connectivity index (χ1) is 5.83. The summed E-state index contributed by atoms with van der Waals surface area (Å²) in [6, 6.07) is 0. The van der Waals surface area contributed by atoms with E-state index in [1.54, 1.807) is 0 Å². The Hall–Kier alpha value is -0.530. The second kappa shape index (κ2) is 5.25. The van der Waals surface area contributed by atoms with Crippen LogP contribution in [0.4, 0.5) is 0 Å². The highest BCUT2D eigenvalue weighted by Gasteiger charge is 2.07. The normalized spacial score (nSPS) is 10.9. The Balaban J connectivity index is 3.59. The minimum atomic E-state index is -3.97. The van der Waals surface area contributed by atoms with Crippen LogP contribution >= 0.6 is 12.2 Å². The van der Waals surface area contributed by atoms with Gasteiger partial charge in [0, 0.05) is 0 Å². The van der Waals surface area contributed by atoms with Crippen molar-refractivity contribution in [3.8, 4) is 0 Å². The smallest absolute Gasteiger partial charge is 0.344 e. The lowest BCUT2D eigenvalue weighted by atomic mass is 10.5. The van der Waals surface area contributed by atoms with Crippen molar-refractivity contribution >= 4 is 33.2 Å². The molecular formula is C6H10O5S2. The number of carbonyl (C=O) groups excluding carboxylic acids is 1. The maximum Gasteiger partial charge on any atom is 0.344 e. The average molecular weight is 226 g/mol. The van der Waals surface area contributed by atoms with E-state index >= 15 is 0 Å². The van der Waals surface area contributed by atoms with E-state index < -0.39 is 21.8 Å². The molecule has 0 aromatic carbocycles. The van der Waals surface area contributed by atoms with Crippen molar-refractivity contribution < 1.29 is 22.5 Å². The molecule has 0 heterocycles. The van der Waals surface area contributed by atoms with Gasteiger partial charge in [-0.05, 0) is 13.3 Å². The van der Waals surface area contributed by atoms with Gasteiger partial charge in [-0.15, -0.1) is 0 Å². The first kappa shape index (κ1) is 12.5. The highest BCUT2D eigenvalue weighted by atomic mass is 32.2.